The van der Waals surface area contributed by atoms with E-state index in [4.69, 9.17) is 5.11 Å². The summed E-state index contributed by atoms with van der Waals surface area (Å²) in [6.07, 6.45) is -1.05. The van der Waals surface area contributed by atoms with E-state index in [1.807, 2.05) is 6.07 Å². The van der Waals surface area contributed by atoms with Gasteiger partial charge in [-0.1, -0.05) is 6.07 Å². The first kappa shape index (κ1) is 9.98. The lowest BCUT2D eigenvalue weighted by molar-refractivity contribution is 0.190. The number of rotatable bonds is 2. The van der Waals surface area contributed by atoms with E-state index in [0.717, 1.165) is 0 Å². The summed E-state index contributed by atoms with van der Waals surface area (Å²) in [5, 5.41) is 10.8. The van der Waals surface area contributed by atoms with Crippen molar-refractivity contribution in [1.82, 2.24) is 10.3 Å². The maximum atomic E-state index is 10.3. The van der Waals surface area contributed by atoms with Gasteiger partial charge in [0.15, 0.2) is 0 Å². The molecule has 1 aromatic heterocycles. The van der Waals surface area contributed by atoms with Gasteiger partial charge in [-0.25, -0.2) is 9.78 Å². The summed E-state index contributed by atoms with van der Waals surface area (Å²) >= 11 is 3.21. The van der Waals surface area contributed by atoms with E-state index in [1.165, 1.54) is 0 Å². The smallest absolute Gasteiger partial charge is 0.405 e. The fourth-order valence-electron chi connectivity index (χ4n) is 0.924. The lowest BCUT2D eigenvalue weighted by Gasteiger charge is -2.10. The average Bonchev–Trinajstić information content (AvgIpc) is 2.03. The lowest BCUT2D eigenvalue weighted by Crippen LogP contribution is -2.25. The van der Waals surface area contributed by atoms with Gasteiger partial charge in [-0.15, -0.1) is 0 Å². The van der Waals surface area contributed by atoms with Crippen LogP contribution in [0.3, 0.4) is 0 Å². The molecule has 0 aliphatic carbocycles. The van der Waals surface area contributed by atoms with Crippen LogP contribution < -0.4 is 5.32 Å². The second-order valence-corrected chi connectivity index (χ2v) is 3.37. The van der Waals surface area contributed by atoms with Crippen molar-refractivity contribution in [2.75, 3.05) is 0 Å². The zero-order valence-electron chi connectivity index (χ0n) is 6.99. The van der Waals surface area contributed by atoms with E-state index in [-0.39, 0.29) is 6.04 Å². The summed E-state index contributed by atoms with van der Waals surface area (Å²) in [6, 6.07) is 5.07. The summed E-state index contributed by atoms with van der Waals surface area (Å²) in [4.78, 5) is 14.4. The van der Waals surface area contributed by atoms with Crippen molar-refractivity contribution in [3.63, 3.8) is 0 Å². The third-order valence-electron chi connectivity index (χ3n) is 1.52. The minimum Gasteiger partial charge on any atom is -0.465 e. The minimum atomic E-state index is -1.05. The van der Waals surface area contributed by atoms with Gasteiger partial charge in [0, 0.05) is 0 Å². The molecule has 0 fully saturated rings. The number of amides is 1. The van der Waals surface area contributed by atoms with E-state index in [1.54, 1.807) is 19.1 Å². The van der Waals surface area contributed by atoms with Crippen molar-refractivity contribution in [2.45, 2.75) is 13.0 Å². The van der Waals surface area contributed by atoms with Crippen molar-refractivity contribution >= 4 is 22.0 Å². The Kier molecular flexibility index (Phi) is 3.25. The molecular formula is C8H9BrN2O2. The third-order valence-corrected chi connectivity index (χ3v) is 1.96. The van der Waals surface area contributed by atoms with Gasteiger partial charge in [0.25, 0.3) is 0 Å². The van der Waals surface area contributed by atoms with Crippen LogP contribution in [0.5, 0.6) is 0 Å². The van der Waals surface area contributed by atoms with Crippen molar-refractivity contribution < 1.29 is 9.90 Å². The van der Waals surface area contributed by atoms with E-state index < -0.39 is 6.09 Å². The first-order chi connectivity index (χ1) is 6.09. The quantitative estimate of drug-likeness (QED) is 0.785. The molecule has 1 heterocycles. The van der Waals surface area contributed by atoms with Crippen LogP contribution >= 0.6 is 15.9 Å². The molecule has 0 radical (unpaired) electrons. The number of nitrogens with one attached hydrogen (secondary N) is 1. The molecule has 0 aromatic carbocycles. The normalized spacial score (nSPS) is 12.2. The van der Waals surface area contributed by atoms with Crippen molar-refractivity contribution in [3.05, 3.63) is 28.5 Å². The Balaban J connectivity index is 2.76. The standard InChI is InChI=1S/C8H9BrN2O2/c1-5(10-8(12)13)6-3-2-4-7(9)11-6/h2-5,10H,1H3,(H,12,13). The molecule has 5 heteroatoms. The number of hydrogen-bond acceptors (Lipinski definition) is 2. The maximum absolute atomic E-state index is 10.3. The highest BCUT2D eigenvalue weighted by Gasteiger charge is 2.08. The molecule has 70 valence electrons. The van der Waals surface area contributed by atoms with Gasteiger partial charge in [-0.05, 0) is 35.0 Å². The Morgan fingerprint density at radius 1 is 1.69 bits per heavy atom. The molecule has 0 spiro atoms. The van der Waals surface area contributed by atoms with Gasteiger partial charge < -0.3 is 10.4 Å². The maximum Gasteiger partial charge on any atom is 0.405 e. The van der Waals surface area contributed by atoms with Crippen LogP contribution in [0, 0.1) is 0 Å². The Morgan fingerprint density at radius 2 is 2.38 bits per heavy atom. The SMILES string of the molecule is CC(NC(=O)O)c1cccc(Br)n1. The van der Waals surface area contributed by atoms with Crippen molar-refractivity contribution in [3.8, 4) is 0 Å². The van der Waals surface area contributed by atoms with Gasteiger partial charge >= 0.3 is 6.09 Å². The highest BCUT2D eigenvalue weighted by atomic mass is 79.9. The molecule has 0 bridgehead atoms. The zero-order chi connectivity index (χ0) is 9.84. The molecular weight excluding hydrogens is 236 g/mol. The molecule has 2 N–H and O–H groups in total. The average molecular weight is 245 g/mol. The summed E-state index contributed by atoms with van der Waals surface area (Å²) in [7, 11) is 0. The highest BCUT2D eigenvalue weighted by molar-refractivity contribution is 9.10. The van der Waals surface area contributed by atoms with E-state index in [0.29, 0.717) is 10.3 Å². The number of halogens is 1. The van der Waals surface area contributed by atoms with Crippen LogP contribution in [0.25, 0.3) is 0 Å². The first-order valence-electron chi connectivity index (χ1n) is 3.71. The Morgan fingerprint density at radius 3 is 2.92 bits per heavy atom. The molecule has 4 nitrogen and oxygen atoms in total. The molecule has 0 saturated heterocycles. The highest BCUT2D eigenvalue weighted by Crippen LogP contribution is 2.12. The topological polar surface area (TPSA) is 62.2 Å². The van der Waals surface area contributed by atoms with Gasteiger partial charge in [-0.3, -0.25) is 0 Å². The zero-order valence-corrected chi connectivity index (χ0v) is 8.58. The van der Waals surface area contributed by atoms with Crippen molar-refractivity contribution in [2.24, 2.45) is 0 Å². The van der Waals surface area contributed by atoms with E-state index in [2.05, 4.69) is 26.2 Å². The van der Waals surface area contributed by atoms with Crippen molar-refractivity contribution in [1.29, 1.82) is 0 Å². The molecule has 0 saturated carbocycles. The second kappa shape index (κ2) is 4.23. The van der Waals surface area contributed by atoms with Gasteiger partial charge in [0.2, 0.25) is 0 Å². The Labute approximate surface area is 84.1 Å². The number of aromatic nitrogens is 1. The van der Waals surface area contributed by atoms with Crippen LogP contribution in [0.4, 0.5) is 4.79 Å². The van der Waals surface area contributed by atoms with Gasteiger partial charge in [0.1, 0.15) is 4.60 Å². The molecule has 1 aromatic rings. The molecule has 1 rings (SSSR count). The summed E-state index contributed by atoms with van der Waals surface area (Å²) in [5.41, 5.74) is 0.691. The summed E-state index contributed by atoms with van der Waals surface area (Å²) in [5.74, 6) is 0. The lowest BCUT2D eigenvalue weighted by atomic mass is 10.2. The molecule has 1 amide bonds. The van der Waals surface area contributed by atoms with Gasteiger partial charge in [-0.2, -0.15) is 0 Å². The Bertz CT molecular complexity index is 317. The van der Waals surface area contributed by atoms with Crippen LogP contribution in [0.15, 0.2) is 22.8 Å². The van der Waals surface area contributed by atoms with Crippen LogP contribution in [-0.2, 0) is 0 Å². The monoisotopic (exact) mass is 244 g/mol. The van der Waals surface area contributed by atoms with E-state index >= 15 is 0 Å². The predicted molar refractivity (Wildman–Crippen MR) is 51.5 cm³/mol. The molecule has 13 heavy (non-hydrogen) atoms. The minimum absolute atomic E-state index is 0.296. The first-order valence-corrected chi connectivity index (χ1v) is 4.51. The fraction of sp³-hybridized carbons (Fsp3) is 0.250. The number of nitrogens with zero attached hydrogens (tertiary/aromatic N) is 1. The predicted octanol–water partition coefficient (Wildman–Crippen LogP) is 2.17. The Hall–Kier alpha value is -1.10. The third kappa shape index (κ3) is 3.02. The summed E-state index contributed by atoms with van der Waals surface area (Å²) in [6.45, 7) is 1.74. The number of carbonyl (C=O) groups is 1. The number of carboxylic acid groups (broad SMARTS) is 1. The molecule has 0 aliphatic heterocycles. The van der Waals surface area contributed by atoms with Crippen LogP contribution in [-0.4, -0.2) is 16.2 Å². The largest absolute Gasteiger partial charge is 0.465 e. The van der Waals surface area contributed by atoms with E-state index in [9.17, 15) is 4.79 Å². The van der Waals surface area contributed by atoms with Gasteiger partial charge in [0.05, 0.1) is 11.7 Å². The fourth-order valence-corrected chi connectivity index (χ4v) is 1.28. The molecule has 1 atom stereocenters. The molecule has 1 unspecified atom stereocenters. The summed E-state index contributed by atoms with van der Waals surface area (Å²) < 4.78 is 0.698. The van der Waals surface area contributed by atoms with Crippen LogP contribution in [0.1, 0.15) is 18.7 Å². The van der Waals surface area contributed by atoms with Crippen LogP contribution in [0.2, 0.25) is 0 Å². The number of hydrogen-bond donors (Lipinski definition) is 2. The molecule has 0 aliphatic rings. The second-order valence-electron chi connectivity index (χ2n) is 2.56. The number of pyridine rings is 1.